The second-order valence-corrected chi connectivity index (χ2v) is 5.04. The van der Waals surface area contributed by atoms with Gasteiger partial charge in [0.05, 0.1) is 25.4 Å². The van der Waals surface area contributed by atoms with E-state index in [1.54, 1.807) is 22.8 Å². The highest BCUT2D eigenvalue weighted by molar-refractivity contribution is 5.97. The van der Waals surface area contributed by atoms with E-state index in [1.165, 1.54) is 0 Å². The number of ether oxygens (including phenoxy) is 2. The summed E-state index contributed by atoms with van der Waals surface area (Å²) in [6.07, 6.45) is 3.32. The largest absolute Gasteiger partial charge is 0.396 e. The highest BCUT2D eigenvalue weighted by atomic mass is 16.7. The first-order chi connectivity index (χ1) is 9.10. The van der Waals surface area contributed by atoms with Gasteiger partial charge in [-0.2, -0.15) is 5.10 Å². The maximum Gasteiger partial charge on any atom is 0.276 e. The molecule has 7 heteroatoms. The number of aromatic nitrogens is 2. The number of carbonyl (C=O) groups is 1. The molecule has 0 radical (unpaired) electrons. The lowest BCUT2D eigenvalue weighted by Gasteiger charge is -2.38. The van der Waals surface area contributed by atoms with Crippen LogP contribution in [0.5, 0.6) is 0 Å². The minimum Gasteiger partial charge on any atom is -0.396 e. The number of rotatable bonds is 1. The first-order valence-electron chi connectivity index (χ1n) is 6.46. The fourth-order valence-corrected chi connectivity index (χ4v) is 2.72. The third-order valence-corrected chi connectivity index (χ3v) is 3.58. The van der Waals surface area contributed by atoms with Crippen LogP contribution in [0.1, 0.15) is 23.3 Å². The highest BCUT2D eigenvalue weighted by Crippen LogP contribution is 2.30. The second-order valence-electron chi connectivity index (χ2n) is 5.04. The normalized spacial score (nSPS) is 22.1. The molecule has 0 aromatic carbocycles. The fourth-order valence-electron chi connectivity index (χ4n) is 2.72. The van der Waals surface area contributed by atoms with Crippen LogP contribution in [0, 0.1) is 0 Å². The Morgan fingerprint density at radius 3 is 2.84 bits per heavy atom. The second kappa shape index (κ2) is 4.50. The number of likely N-dealkylation sites (tertiary alicyclic amines) is 1. The molecule has 0 saturated carbocycles. The molecule has 0 unspecified atom stereocenters. The van der Waals surface area contributed by atoms with Crippen molar-refractivity contribution < 1.29 is 14.3 Å². The van der Waals surface area contributed by atoms with E-state index in [2.05, 4.69) is 5.10 Å². The predicted octanol–water partition coefficient (Wildman–Crippen LogP) is -0.0186. The summed E-state index contributed by atoms with van der Waals surface area (Å²) in [7, 11) is 1.74. The average Bonchev–Trinajstić information content (AvgIpc) is 2.96. The molecular weight excluding hydrogens is 248 g/mol. The van der Waals surface area contributed by atoms with Crippen LogP contribution in [0.4, 0.5) is 5.69 Å². The van der Waals surface area contributed by atoms with Gasteiger partial charge in [0.25, 0.3) is 5.91 Å². The van der Waals surface area contributed by atoms with Gasteiger partial charge in [-0.1, -0.05) is 0 Å². The Hall–Kier alpha value is -1.60. The van der Waals surface area contributed by atoms with Gasteiger partial charge in [-0.25, -0.2) is 0 Å². The van der Waals surface area contributed by atoms with Crippen molar-refractivity contribution in [3.8, 4) is 0 Å². The minimum atomic E-state index is -0.614. The smallest absolute Gasteiger partial charge is 0.276 e. The SMILES string of the molecule is Cn1cc(N)c(C(=O)N2CCCC3(C2)OCCO3)n1. The molecule has 7 nitrogen and oxygen atoms in total. The Morgan fingerprint density at radius 1 is 1.47 bits per heavy atom. The molecule has 0 bridgehead atoms. The molecule has 1 aromatic heterocycles. The van der Waals surface area contributed by atoms with E-state index in [9.17, 15) is 4.79 Å². The van der Waals surface area contributed by atoms with Gasteiger partial charge in [0.1, 0.15) is 0 Å². The molecule has 2 N–H and O–H groups in total. The number of aryl methyl sites for hydroxylation is 1. The van der Waals surface area contributed by atoms with Crippen LogP contribution in [0.25, 0.3) is 0 Å². The van der Waals surface area contributed by atoms with Crippen LogP contribution >= 0.6 is 0 Å². The van der Waals surface area contributed by atoms with Gasteiger partial charge in [-0.3, -0.25) is 9.48 Å². The van der Waals surface area contributed by atoms with Crippen molar-refractivity contribution in [1.29, 1.82) is 0 Å². The van der Waals surface area contributed by atoms with Crippen LogP contribution in [0.3, 0.4) is 0 Å². The molecule has 1 amide bonds. The summed E-state index contributed by atoms with van der Waals surface area (Å²) in [6.45, 7) is 2.31. The summed E-state index contributed by atoms with van der Waals surface area (Å²) >= 11 is 0. The van der Waals surface area contributed by atoms with Crippen LogP contribution in [-0.2, 0) is 16.5 Å². The Kier molecular flexibility index (Phi) is 2.94. The number of hydrogen-bond acceptors (Lipinski definition) is 5. The summed E-state index contributed by atoms with van der Waals surface area (Å²) in [5, 5.41) is 4.12. The average molecular weight is 266 g/mol. The van der Waals surface area contributed by atoms with Crippen molar-refractivity contribution in [3.05, 3.63) is 11.9 Å². The number of nitrogen functional groups attached to an aromatic ring is 1. The van der Waals surface area contributed by atoms with Gasteiger partial charge in [0, 0.05) is 26.2 Å². The highest BCUT2D eigenvalue weighted by Gasteiger charge is 2.42. The van der Waals surface area contributed by atoms with Crippen molar-refractivity contribution in [3.63, 3.8) is 0 Å². The molecule has 19 heavy (non-hydrogen) atoms. The lowest BCUT2D eigenvalue weighted by atomic mass is 10.0. The van der Waals surface area contributed by atoms with Gasteiger partial charge < -0.3 is 20.1 Å². The number of nitrogens with two attached hydrogens (primary N) is 1. The summed E-state index contributed by atoms with van der Waals surface area (Å²) in [6, 6.07) is 0. The topological polar surface area (TPSA) is 82.6 Å². The summed E-state index contributed by atoms with van der Waals surface area (Å²) < 4.78 is 12.9. The molecule has 2 aliphatic rings. The molecule has 104 valence electrons. The summed E-state index contributed by atoms with van der Waals surface area (Å²) in [4.78, 5) is 14.1. The van der Waals surface area contributed by atoms with E-state index < -0.39 is 5.79 Å². The molecule has 3 rings (SSSR count). The molecule has 0 aliphatic carbocycles. The minimum absolute atomic E-state index is 0.156. The van der Waals surface area contributed by atoms with E-state index in [-0.39, 0.29) is 5.91 Å². The van der Waals surface area contributed by atoms with Crippen molar-refractivity contribution in [2.24, 2.45) is 7.05 Å². The Balaban J connectivity index is 1.78. The Bertz CT molecular complexity index is 493. The van der Waals surface area contributed by atoms with Gasteiger partial charge >= 0.3 is 0 Å². The molecular formula is C12H18N4O3. The van der Waals surface area contributed by atoms with Gasteiger partial charge in [-0.05, 0) is 6.42 Å². The Morgan fingerprint density at radius 2 is 2.21 bits per heavy atom. The number of piperidine rings is 1. The number of amides is 1. The molecule has 2 fully saturated rings. The third-order valence-electron chi connectivity index (χ3n) is 3.58. The fraction of sp³-hybridized carbons (Fsp3) is 0.667. The zero-order valence-corrected chi connectivity index (χ0v) is 11.0. The van der Waals surface area contributed by atoms with Gasteiger partial charge in [-0.15, -0.1) is 0 Å². The Labute approximate surface area is 111 Å². The third kappa shape index (κ3) is 2.19. The summed E-state index contributed by atoms with van der Waals surface area (Å²) in [5.41, 5.74) is 6.51. The van der Waals surface area contributed by atoms with Crippen LogP contribution in [-0.4, -0.2) is 52.7 Å². The zero-order valence-electron chi connectivity index (χ0n) is 11.0. The van der Waals surface area contributed by atoms with Crippen molar-refractivity contribution >= 4 is 11.6 Å². The number of carbonyl (C=O) groups excluding carboxylic acids is 1. The summed E-state index contributed by atoms with van der Waals surface area (Å²) in [5.74, 6) is -0.770. The van der Waals surface area contributed by atoms with Gasteiger partial charge in [0.15, 0.2) is 11.5 Å². The lowest BCUT2D eigenvalue weighted by Crippen LogP contribution is -2.51. The monoisotopic (exact) mass is 266 g/mol. The van der Waals surface area contributed by atoms with Gasteiger partial charge in [0.2, 0.25) is 0 Å². The van der Waals surface area contributed by atoms with Crippen LogP contribution in [0.2, 0.25) is 0 Å². The zero-order chi connectivity index (χ0) is 13.5. The maximum atomic E-state index is 12.4. The standard InChI is InChI=1S/C12H18N4O3/c1-15-7-9(13)10(14-15)11(17)16-4-2-3-12(8-16)18-5-6-19-12/h7H,2-6,8,13H2,1H3. The lowest BCUT2D eigenvalue weighted by molar-refractivity contribution is -0.183. The molecule has 1 aromatic rings. The quantitative estimate of drug-likeness (QED) is 0.772. The van der Waals surface area contributed by atoms with E-state index in [1.807, 2.05) is 0 Å². The van der Waals surface area contributed by atoms with Crippen molar-refractivity contribution in [2.45, 2.75) is 18.6 Å². The molecule has 2 saturated heterocycles. The van der Waals surface area contributed by atoms with E-state index in [0.717, 1.165) is 12.8 Å². The first-order valence-corrected chi connectivity index (χ1v) is 6.46. The van der Waals surface area contributed by atoms with Crippen molar-refractivity contribution in [2.75, 3.05) is 32.0 Å². The van der Waals surface area contributed by atoms with Crippen molar-refractivity contribution in [1.82, 2.24) is 14.7 Å². The first kappa shape index (κ1) is 12.4. The molecule has 3 heterocycles. The number of nitrogens with zero attached hydrogens (tertiary/aromatic N) is 3. The molecule has 2 aliphatic heterocycles. The number of hydrogen-bond donors (Lipinski definition) is 1. The van der Waals surface area contributed by atoms with Crippen LogP contribution < -0.4 is 5.73 Å². The van der Waals surface area contributed by atoms with Crippen LogP contribution in [0.15, 0.2) is 6.20 Å². The van der Waals surface area contributed by atoms with E-state index in [0.29, 0.717) is 37.7 Å². The predicted molar refractivity (Wildman–Crippen MR) is 67.4 cm³/mol. The number of anilines is 1. The maximum absolute atomic E-state index is 12.4. The molecule has 0 atom stereocenters. The van der Waals surface area contributed by atoms with E-state index in [4.69, 9.17) is 15.2 Å². The van der Waals surface area contributed by atoms with E-state index >= 15 is 0 Å². The molecule has 1 spiro atoms.